The molecule has 1 heterocycles. The highest BCUT2D eigenvalue weighted by molar-refractivity contribution is 5.94. The smallest absolute Gasteiger partial charge is 0.254 e. The second-order valence-corrected chi connectivity index (χ2v) is 7.94. The summed E-state index contributed by atoms with van der Waals surface area (Å²) in [6.45, 7) is 0.595. The van der Waals surface area contributed by atoms with Crippen LogP contribution in [0.25, 0.3) is 0 Å². The van der Waals surface area contributed by atoms with Crippen LogP contribution >= 0.6 is 0 Å². The van der Waals surface area contributed by atoms with Crippen molar-refractivity contribution in [1.82, 2.24) is 4.90 Å². The Hall–Kier alpha value is -2.49. The van der Waals surface area contributed by atoms with Crippen molar-refractivity contribution >= 4 is 5.91 Å². The third-order valence-corrected chi connectivity index (χ3v) is 6.36. The number of amides is 1. The van der Waals surface area contributed by atoms with Crippen LogP contribution in [0.3, 0.4) is 0 Å². The maximum atomic E-state index is 13.4. The first-order chi connectivity index (χ1) is 13.7. The molecule has 0 radical (unpaired) electrons. The SMILES string of the molecule is COc1cc2c(c(OC)c1)CN(C(=O)c1ccccc1)C(C1CCCCC1)C2. The molecule has 2 aromatic carbocycles. The average Bonchev–Trinajstić information content (AvgIpc) is 2.78. The van der Waals surface area contributed by atoms with Crippen LogP contribution in [0.2, 0.25) is 0 Å². The average molecular weight is 380 g/mol. The summed E-state index contributed by atoms with van der Waals surface area (Å²) in [6.07, 6.45) is 7.13. The third kappa shape index (κ3) is 3.60. The van der Waals surface area contributed by atoms with Crippen molar-refractivity contribution < 1.29 is 14.3 Å². The highest BCUT2D eigenvalue weighted by atomic mass is 16.5. The van der Waals surface area contributed by atoms with Gasteiger partial charge in [0.2, 0.25) is 0 Å². The van der Waals surface area contributed by atoms with Crippen molar-refractivity contribution in [1.29, 1.82) is 0 Å². The highest BCUT2D eigenvalue weighted by Gasteiger charge is 2.37. The van der Waals surface area contributed by atoms with Gasteiger partial charge in [0.25, 0.3) is 5.91 Å². The minimum atomic E-state index is 0.125. The van der Waals surface area contributed by atoms with Gasteiger partial charge in [-0.3, -0.25) is 4.79 Å². The fraction of sp³-hybridized carbons (Fsp3) is 0.458. The van der Waals surface area contributed by atoms with Gasteiger partial charge in [-0.2, -0.15) is 0 Å². The van der Waals surface area contributed by atoms with Crippen LogP contribution in [0.4, 0.5) is 0 Å². The summed E-state index contributed by atoms with van der Waals surface area (Å²) in [7, 11) is 3.37. The van der Waals surface area contributed by atoms with Gasteiger partial charge in [-0.1, -0.05) is 37.5 Å². The zero-order chi connectivity index (χ0) is 19.5. The van der Waals surface area contributed by atoms with Crippen molar-refractivity contribution in [2.75, 3.05) is 14.2 Å². The Balaban J connectivity index is 1.73. The quantitative estimate of drug-likeness (QED) is 0.762. The molecule has 1 fully saturated rings. The van der Waals surface area contributed by atoms with Gasteiger partial charge in [0, 0.05) is 23.2 Å². The molecule has 4 nitrogen and oxygen atoms in total. The largest absolute Gasteiger partial charge is 0.497 e. The van der Waals surface area contributed by atoms with Crippen LogP contribution < -0.4 is 9.47 Å². The van der Waals surface area contributed by atoms with Crippen LogP contribution in [0.15, 0.2) is 42.5 Å². The van der Waals surface area contributed by atoms with E-state index in [1.165, 1.54) is 37.7 Å². The van der Waals surface area contributed by atoms with E-state index in [0.29, 0.717) is 12.5 Å². The van der Waals surface area contributed by atoms with Crippen LogP contribution in [-0.4, -0.2) is 31.1 Å². The fourth-order valence-electron chi connectivity index (χ4n) is 4.87. The number of hydrogen-bond acceptors (Lipinski definition) is 3. The predicted molar refractivity (Wildman–Crippen MR) is 110 cm³/mol. The number of methoxy groups -OCH3 is 2. The molecule has 2 aromatic rings. The van der Waals surface area contributed by atoms with Crippen molar-refractivity contribution in [3.63, 3.8) is 0 Å². The Morgan fingerprint density at radius 2 is 1.75 bits per heavy atom. The molecule has 4 rings (SSSR count). The van der Waals surface area contributed by atoms with Crippen LogP contribution in [0.5, 0.6) is 11.5 Å². The zero-order valence-corrected chi connectivity index (χ0v) is 16.8. The van der Waals surface area contributed by atoms with Gasteiger partial charge in [-0.15, -0.1) is 0 Å². The summed E-state index contributed by atoms with van der Waals surface area (Å²) in [5.41, 5.74) is 3.13. The lowest BCUT2D eigenvalue weighted by Gasteiger charge is -2.43. The maximum Gasteiger partial charge on any atom is 0.254 e. The first-order valence-electron chi connectivity index (χ1n) is 10.3. The molecule has 28 heavy (non-hydrogen) atoms. The van der Waals surface area contributed by atoms with Gasteiger partial charge in [0.1, 0.15) is 11.5 Å². The minimum absolute atomic E-state index is 0.125. The Bertz CT molecular complexity index is 827. The molecule has 1 unspecified atom stereocenters. The molecule has 0 bridgehead atoms. The first kappa shape index (κ1) is 18.9. The summed E-state index contributed by atoms with van der Waals surface area (Å²) in [5.74, 6) is 2.31. The molecule has 2 aliphatic rings. The molecule has 148 valence electrons. The van der Waals surface area contributed by atoms with E-state index in [2.05, 4.69) is 11.0 Å². The summed E-state index contributed by atoms with van der Waals surface area (Å²) < 4.78 is 11.1. The van der Waals surface area contributed by atoms with E-state index in [-0.39, 0.29) is 11.9 Å². The number of hydrogen-bond donors (Lipinski definition) is 0. The third-order valence-electron chi connectivity index (χ3n) is 6.36. The van der Waals surface area contributed by atoms with E-state index in [4.69, 9.17) is 9.47 Å². The molecule has 0 saturated heterocycles. The molecule has 0 aromatic heterocycles. The molecular weight excluding hydrogens is 350 g/mol. The van der Waals surface area contributed by atoms with Crippen molar-refractivity contribution in [2.45, 2.75) is 51.1 Å². The van der Waals surface area contributed by atoms with E-state index in [1.807, 2.05) is 36.4 Å². The Labute approximate surface area is 167 Å². The van der Waals surface area contributed by atoms with Gasteiger partial charge < -0.3 is 14.4 Å². The summed E-state index contributed by atoms with van der Waals surface area (Å²) in [4.78, 5) is 15.5. The number of carbonyl (C=O) groups is 1. The molecule has 1 saturated carbocycles. The van der Waals surface area contributed by atoms with Crippen molar-refractivity contribution in [2.24, 2.45) is 5.92 Å². The lowest BCUT2D eigenvalue weighted by atomic mass is 9.78. The number of benzene rings is 2. The van der Waals surface area contributed by atoms with Gasteiger partial charge in [0.05, 0.1) is 20.8 Å². The lowest BCUT2D eigenvalue weighted by molar-refractivity contribution is 0.0511. The molecule has 0 spiro atoms. The predicted octanol–water partition coefficient (Wildman–Crippen LogP) is 4.85. The second-order valence-electron chi connectivity index (χ2n) is 7.94. The van der Waals surface area contributed by atoms with Crippen LogP contribution in [0, 0.1) is 5.92 Å². The molecular formula is C24H29NO3. The van der Waals surface area contributed by atoms with Gasteiger partial charge >= 0.3 is 0 Å². The molecule has 1 aliphatic heterocycles. The van der Waals surface area contributed by atoms with E-state index >= 15 is 0 Å². The first-order valence-corrected chi connectivity index (χ1v) is 10.3. The molecule has 1 amide bonds. The highest BCUT2D eigenvalue weighted by Crippen LogP contribution is 2.40. The van der Waals surface area contributed by atoms with Gasteiger partial charge in [0.15, 0.2) is 0 Å². The summed E-state index contributed by atoms with van der Waals surface area (Å²) >= 11 is 0. The number of rotatable bonds is 4. The van der Waals surface area contributed by atoms with E-state index in [1.54, 1.807) is 14.2 Å². The lowest BCUT2D eigenvalue weighted by Crippen LogP contribution is -2.48. The molecule has 0 N–H and O–H groups in total. The summed E-state index contributed by atoms with van der Waals surface area (Å²) in [5, 5.41) is 0. The molecule has 4 heteroatoms. The minimum Gasteiger partial charge on any atom is -0.497 e. The Kier molecular flexibility index (Phi) is 5.56. The van der Waals surface area contributed by atoms with Gasteiger partial charge in [-0.25, -0.2) is 0 Å². The Morgan fingerprint density at radius 3 is 2.43 bits per heavy atom. The van der Waals surface area contributed by atoms with E-state index < -0.39 is 0 Å². The summed E-state index contributed by atoms with van der Waals surface area (Å²) in [6, 6.07) is 13.9. The monoisotopic (exact) mass is 379 g/mol. The standard InChI is InChI=1S/C24H29NO3/c1-27-20-13-19-14-22(17-9-5-3-6-10-17)25(16-21(19)23(15-20)28-2)24(26)18-11-7-4-8-12-18/h4,7-8,11-13,15,17,22H,3,5-6,9-10,14,16H2,1-2H3. The maximum absolute atomic E-state index is 13.4. The number of ether oxygens (including phenoxy) is 2. The Morgan fingerprint density at radius 1 is 1.00 bits per heavy atom. The topological polar surface area (TPSA) is 38.8 Å². The zero-order valence-electron chi connectivity index (χ0n) is 16.8. The van der Waals surface area contributed by atoms with Crippen molar-refractivity contribution in [3.8, 4) is 11.5 Å². The number of nitrogens with zero attached hydrogens (tertiary/aromatic N) is 1. The van der Waals surface area contributed by atoms with Gasteiger partial charge in [-0.05, 0) is 48.9 Å². The van der Waals surface area contributed by atoms with Crippen LogP contribution in [-0.2, 0) is 13.0 Å². The second kappa shape index (κ2) is 8.26. The molecule has 1 aliphatic carbocycles. The van der Waals surface area contributed by atoms with Crippen LogP contribution in [0.1, 0.15) is 53.6 Å². The normalized spacial score (nSPS) is 19.8. The number of fused-ring (bicyclic) bond motifs is 1. The number of carbonyl (C=O) groups excluding carboxylic acids is 1. The van der Waals surface area contributed by atoms with E-state index in [0.717, 1.165) is 29.0 Å². The fourth-order valence-corrected chi connectivity index (χ4v) is 4.87. The molecule has 1 atom stereocenters. The van der Waals surface area contributed by atoms with E-state index in [9.17, 15) is 4.79 Å². The van der Waals surface area contributed by atoms with Crippen molar-refractivity contribution in [3.05, 3.63) is 59.2 Å².